The molecule has 0 aliphatic rings. The number of ketones is 1. The molecule has 0 aliphatic heterocycles. The maximum atomic E-state index is 12.2. The third-order valence-electron chi connectivity index (χ3n) is 2.93. The second-order valence-corrected chi connectivity index (χ2v) is 5.78. The van der Waals surface area contributed by atoms with Crippen LogP contribution in [0.2, 0.25) is 0 Å². The van der Waals surface area contributed by atoms with Crippen molar-refractivity contribution in [2.75, 3.05) is 7.11 Å². The molecule has 20 heavy (non-hydrogen) atoms. The first kappa shape index (κ1) is 14.5. The first-order valence-corrected chi connectivity index (χ1v) is 7.14. The molecule has 0 amide bonds. The Morgan fingerprint density at radius 2 is 1.95 bits per heavy atom. The molecular weight excluding hydrogens is 272 g/mol. The third kappa shape index (κ3) is 3.78. The Hall–Kier alpha value is -1.94. The minimum absolute atomic E-state index is 0.0803. The molecule has 0 radical (unpaired) electrons. The number of ether oxygens (including phenoxy) is 1. The van der Waals surface area contributed by atoms with E-state index in [1.54, 1.807) is 6.07 Å². The lowest BCUT2D eigenvalue weighted by atomic mass is 10.1. The molecule has 0 bridgehead atoms. The number of aryl methyl sites for hydroxylation is 1. The van der Waals surface area contributed by atoms with E-state index in [0.29, 0.717) is 11.3 Å². The molecule has 1 heterocycles. The van der Waals surface area contributed by atoms with Crippen LogP contribution in [0.1, 0.15) is 25.7 Å². The van der Waals surface area contributed by atoms with Crippen LogP contribution in [0.5, 0.6) is 0 Å². The van der Waals surface area contributed by atoms with Gasteiger partial charge in [0.2, 0.25) is 0 Å². The minimum Gasteiger partial charge on any atom is -0.469 e. The van der Waals surface area contributed by atoms with E-state index in [1.165, 1.54) is 18.4 Å². The predicted octanol–water partition coefficient (Wildman–Crippen LogP) is 3.20. The lowest BCUT2D eigenvalue weighted by Gasteiger charge is -2.00. The summed E-state index contributed by atoms with van der Waals surface area (Å²) in [6.45, 7) is 2.01. The van der Waals surface area contributed by atoms with Gasteiger partial charge in [-0.1, -0.05) is 29.8 Å². The first-order valence-electron chi connectivity index (χ1n) is 6.33. The standard InChI is InChI=1S/C16H16O3S/c1-11-4-3-5-12(8-11)9-14(17)15-7-6-13(20-15)10-16(18)19-2/h3-8H,9-10H2,1-2H3. The number of carbonyl (C=O) groups is 2. The monoisotopic (exact) mass is 288 g/mol. The summed E-state index contributed by atoms with van der Waals surface area (Å²) < 4.78 is 4.62. The Bertz CT molecular complexity index is 628. The van der Waals surface area contributed by atoms with Gasteiger partial charge in [-0.3, -0.25) is 9.59 Å². The number of rotatable bonds is 5. The van der Waals surface area contributed by atoms with Crippen molar-refractivity contribution in [3.05, 3.63) is 57.3 Å². The van der Waals surface area contributed by atoms with Crippen molar-refractivity contribution >= 4 is 23.1 Å². The molecule has 0 N–H and O–H groups in total. The van der Waals surface area contributed by atoms with Gasteiger partial charge in [0.05, 0.1) is 18.4 Å². The Balaban J connectivity index is 2.04. The number of hydrogen-bond acceptors (Lipinski definition) is 4. The Morgan fingerprint density at radius 3 is 2.65 bits per heavy atom. The minimum atomic E-state index is -0.287. The lowest BCUT2D eigenvalue weighted by molar-refractivity contribution is -0.139. The fraction of sp³-hybridized carbons (Fsp3) is 0.250. The van der Waals surface area contributed by atoms with Crippen molar-refractivity contribution < 1.29 is 14.3 Å². The summed E-state index contributed by atoms with van der Waals surface area (Å²) in [6.07, 6.45) is 0.610. The van der Waals surface area contributed by atoms with Gasteiger partial charge in [-0.15, -0.1) is 11.3 Å². The van der Waals surface area contributed by atoms with Crippen molar-refractivity contribution in [1.82, 2.24) is 0 Å². The average Bonchev–Trinajstić information content (AvgIpc) is 2.87. The van der Waals surface area contributed by atoms with E-state index in [4.69, 9.17) is 0 Å². The molecule has 0 fully saturated rings. The van der Waals surface area contributed by atoms with Crippen LogP contribution < -0.4 is 0 Å². The van der Waals surface area contributed by atoms with Crippen molar-refractivity contribution in [3.63, 3.8) is 0 Å². The molecule has 104 valence electrons. The smallest absolute Gasteiger partial charge is 0.310 e. The Labute approximate surface area is 122 Å². The van der Waals surface area contributed by atoms with Crippen molar-refractivity contribution in [3.8, 4) is 0 Å². The van der Waals surface area contributed by atoms with Gasteiger partial charge >= 0.3 is 5.97 Å². The summed E-state index contributed by atoms with van der Waals surface area (Å²) >= 11 is 1.36. The number of esters is 1. The number of thiophene rings is 1. The average molecular weight is 288 g/mol. The van der Waals surface area contributed by atoms with E-state index >= 15 is 0 Å². The fourth-order valence-corrected chi connectivity index (χ4v) is 2.86. The van der Waals surface area contributed by atoms with Crippen LogP contribution in [0.4, 0.5) is 0 Å². The highest BCUT2D eigenvalue weighted by molar-refractivity contribution is 7.14. The van der Waals surface area contributed by atoms with Crippen LogP contribution in [-0.4, -0.2) is 18.9 Å². The highest BCUT2D eigenvalue weighted by Gasteiger charge is 2.12. The maximum Gasteiger partial charge on any atom is 0.310 e. The van der Waals surface area contributed by atoms with Crippen LogP contribution in [0.15, 0.2) is 36.4 Å². The van der Waals surface area contributed by atoms with Crippen molar-refractivity contribution in [2.45, 2.75) is 19.8 Å². The SMILES string of the molecule is COC(=O)Cc1ccc(C(=O)Cc2cccc(C)c2)s1. The van der Waals surface area contributed by atoms with E-state index in [2.05, 4.69) is 4.74 Å². The Kier molecular flexibility index (Phi) is 4.69. The summed E-state index contributed by atoms with van der Waals surface area (Å²) in [5.41, 5.74) is 2.16. The van der Waals surface area contributed by atoms with E-state index < -0.39 is 0 Å². The summed E-state index contributed by atoms with van der Waals surface area (Å²) in [7, 11) is 1.36. The van der Waals surface area contributed by atoms with Crippen LogP contribution in [0, 0.1) is 6.92 Å². The topological polar surface area (TPSA) is 43.4 Å². The van der Waals surface area contributed by atoms with Gasteiger partial charge in [0.15, 0.2) is 5.78 Å². The van der Waals surface area contributed by atoms with Crippen LogP contribution in [-0.2, 0) is 22.4 Å². The quantitative estimate of drug-likeness (QED) is 0.627. The highest BCUT2D eigenvalue weighted by atomic mass is 32.1. The largest absolute Gasteiger partial charge is 0.469 e. The molecule has 0 spiro atoms. The zero-order chi connectivity index (χ0) is 14.5. The molecular formula is C16H16O3S. The maximum absolute atomic E-state index is 12.2. The number of methoxy groups -OCH3 is 1. The molecule has 4 heteroatoms. The summed E-state index contributed by atoms with van der Waals surface area (Å²) in [4.78, 5) is 24.9. The van der Waals surface area contributed by atoms with Crippen molar-refractivity contribution in [2.24, 2.45) is 0 Å². The van der Waals surface area contributed by atoms with Crippen LogP contribution in [0.25, 0.3) is 0 Å². The predicted molar refractivity (Wildman–Crippen MR) is 79.3 cm³/mol. The molecule has 2 aromatic rings. The Morgan fingerprint density at radius 1 is 1.15 bits per heavy atom. The molecule has 0 saturated carbocycles. The fourth-order valence-electron chi connectivity index (χ4n) is 1.93. The third-order valence-corrected chi connectivity index (χ3v) is 4.06. The van der Waals surface area contributed by atoms with Gasteiger partial charge in [-0.2, -0.15) is 0 Å². The molecule has 0 atom stereocenters. The van der Waals surface area contributed by atoms with Gasteiger partial charge in [0, 0.05) is 11.3 Å². The second kappa shape index (κ2) is 6.48. The van der Waals surface area contributed by atoms with Gasteiger partial charge in [0.25, 0.3) is 0 Å². The van der Waals surface area contributed by atoms with E-state index in [0.717, 1.165) is 16.0 Å². The zero-order valence-corrected chi connectivity index (χ0v) is 12.3. The van der Waals surface area contributed by atoms with E-state index in [1.807, 2.05) is 37.3 Å². The molecule has 2 rings (SSSR count). The molecule has 1 aromatic heterocycles. The molecule has 3 nitrogen and oxygen atoms in total. The highest BCUT2D eigenvalue weighted by Crippen LogP contribution is 2.19. The normalized spacial score (nSPS) is 10.3. The molecule has 0 saturated heterocycles. The van der Waals surface area contributed by atoms with Gasteiger partial charge < -0.3 is 4.74 Å². The lowest BCUT2D eigenvalue weighted by Crippen LogP contribution is -2.03. The number of hydrogen-bond donors (Lipinski definition) is 0. The number of benzene rings is 1. The summed E-state index contributed by atoms with van der Waals surface area (Å²) in [6, 6.07) is 11.5. The first-order chi connectivity index (χ1) is 9.58. The summed E-state index contributed by atoms with van der Waals surface area (Å²) in [5.74, 6) is -0.207. The van der Waals surface area contributed by atoms with Crippen molar-refractivity contribution in [1.29, 1.82) is 0 Å². The second-order valence-electron chi connectivity index (χ2n) is 4.61. The molecule has 1 aromatic carbocycles. The summed E-state index contributed by atoms with van der Waals surface area (Å²) in [5, 5.41) is 0. The number of Topliss-reactive ketones (excluding diaryl/α,β-unsaturated/α-hetero) is 1. The van der Waals surface area contributed by atoms with Gasteiger partial charge in [-0.25, -0.2) is 0 Å². The van der Waals surface area contributed by atoms with Crippen LogP contribution in [0.3, 0.4) is 0 Å². The molecule has 0 aliphatic carbocycles. The molecule has 0 unspecified atom stereocenters. The van der Waals surface area contributed by atoms with Crippen LogP contribution >= 0.6 is 11.3 Å². The van der Waals surface area contributed by atoms with Gasteiger partial charge in [0.1, 0.15) is 0 Å². The zero-order valence-electron chi connectivity index (χ0n) is 11.5. The number of carbonyl (C=O) groups excluding carboxylic acids is 2. The van der Waals surface area contributed by atoms with E-state index in [9.17, 15) is 9.59 Å². The van der Waals surface area contributed by atoms with Gasteiger partial charge in [-0.05, 0) is 24.6 Å². The van der Waals surface area contributed by atoms with E-state index in [-0.39, 0.29) is 18.2 Å².